The van der Waals surface area contributed by atoms with Crippen LogP contribution in [-0.4, -0.2) is 26.2 Å². The van der Waals surface area contributed by atoms with Crippen molar-refractivity contribution in [3.05, 3.63) is 34.6 Å². The molecule has 88 valence electrons. The van der Waals surface area contributed by atoms with Crippen LogP contribution in [0, 0.1) is 6.92 Å². The summed E-state index contributed by atoms with van der Waals surface area (Å²) in [5.74, 6) is 0.0469. The van der Waals surface area contributed by atoms with Gasteiger partial charge in [0.2, 0.25) is 5.95 Å². The number of aromatic amines is 1. The lowest BCUT2D eigenvalue weighted by Gasteiger charge is -2.03. The van der Waals surface area contributed by atoms with E-state index in [0.717, 1.165) is 0 Å². The van der Waals surface area contributed by atoms with Gasteiger partial charge in [0.05, 0.1) is 5.56 Å². The summed E-state index contributed by atoms with van der Waals surface area (Å²) in [6, 6.07) is 4.21. The van der Waals surface area contributed by atoms with Gasteiger partial charge in [-0.3, -0.25) is 15.2 Å². The maximum absolute atomic E-state index is 11.8. The number of aromatic hydroxyl groups is 1. The largest absolute Gasteiger partial charge is 0.507 e. The summed E-state index contributed by atoms with van der Waals surface area (Å²) in [5, 5.41) is 18.7. The molecule has 1 aromatic heterocycles. The second kappa shape index (κ2) is 4.42. The first-order valence-corrected chi connectivity index (χ1v) is 5.13. The number of phenolic OH excluding ortho intramolecular Hbond substituents is 1. The number of amides is 1. The van der Waals surface area contributed by atoms with Crippen LogP contribution >= 0.6 is 11.6 Å². The van der Waals surface area contributed by atoms with Crippen LogP contribution in [0.2, 0.25) is 5.02 Å². The number of H-pyrrole nitrogens is 1. The SMILES string of the molecule is Cc1nc(NC(=O)c2cc(Cl)ccc2O)n[nH]1. The summed E-state index contributed by atoms with van der Waals surface area (Å²) in [4.78, 5) is 15.7. The zero-order chi connectivity index (χ0) is 12.4. The van der Waals surface area contributed by atoms with Gasteiger partial charge in [-0.2, -0.15) is 4.98 Å². The quantitative estimate of drug-likeness (QED) is 0.759. The van der Waals surface area contributed by atoms with Crippen molar-refractivity contribution in [3.63, 3.8) is 0 Å². The van der Waals surface area contributed by atoms with Crippen LogP contribution < -0.4 is 5.32 Å². The summed E-state index contributed by atoms with van der Waals surface area (Å²) in [6.45, 7) is 1.71. The minimum atomic E-state index is -0.524. The lowest BCUT2D eigenvalue weighted by atomic mass is 10.2. The second-order valence-corrected chi connectivity index (χ2v) is 3.80. The second-order valence-electron chi connectivity index (χ2n) is 3.36. The average Bonchev–Trinajstić information content (AvgIpc) is 2.67. The van der Waals surface area contributed by atoms with E-state index in [1.807, 2.05) is 0 Å². The number of phenols is 1. The van der Waals surface area contributed by atoms with Crippen molar-refractivity contribution < 1.29 is 9.90 Å². The predicted octanol–water partition coefficient (Wildman–Crippen LogP) is 1.72. The van der Waals surface area contributed by atoms with Gasteiger partial charge in [0.25, 0.3) is 5.91 Å². The van der Waals surface area contributed by atoms with Crippen LogP contribution in [0.3, 0.4) is 0 Å². The molecule has 1 aromatic carbocycles. The Bertz CT molecular complexity index is 567. The van der Waals surface area contributed by atoms with Crippen LogP contribution in [-0.2, 0) is 0 Å². The molecule has 6 nitrogen and oxygen atoms in total. The third kappa shape index (κ3) is 2.54. The molecule has 0 bridgehead atoms. The van der Waals surface area contributed by atoms with Gasteiger partial charge in [0.15, 0.2) is 0 Å². The monoisotopic (exact) mass is 252 g/mol. The molecule has 1 amide bonds. The van der Waals surface area contributed by atoms with Crippen molar-refractivity contribution in [1.82, 2.24) is 15.2 Å². The van der Waals surface area contributed by atoms with E-state index >= 15 is 0 Å². The first-order valence-electron chi connectivity index (χ1n) is 4.75. The van der Waals surface area contributed by atoms with Gasteiger partial charge >= 0.3 is 0 Å². The fourth-order valence-electron chi connectivity index (χ4n) is 1.26. The van der Waals surface area contributed by atoms with Gasteiger partial charge in [-0.15, -0.1) is 5.10 Å². The molecule has 0 spiro atoms. The highest BCUT2D eigenvalue weighted by atomic mass is 35.5. The third-order valence-corrected chi connectivity index (χ3v) is 2.26. The van der Waals surface area contributed by atoms with Gasteiger partial charge in [-0.05, 0) is 25.1 Å². The molecule has 0 saturated heterocycles. The zero-order valence-electron chi connectivity index (χ0n) is 8.86. The fourth-order valence-corrected chi connectivity index (χ4v) is 1.43. The van der Waals surface area contributed by atoms with E-state index in [9.17, 15) is 9.90 Å². The molecular weight excluding hydrogens is 244 g/mol. The van der Waals surface area contributed by atoms with Crippen molar-refractivity contribution in [1.29, 1.82) is 0 Å². The Labute approximate surface area is 102 Å². The molecule has 0 aliphatic heterocycles. The number of rotatable bonds is 2. The van der Waals surface area contributed by atoms with Crippen molar-refractivity contribution >= 4 is 23.5 Å². The van der Waals surface area contributed by atoms with Gasteiger partial charge in [-0.1, -0.05) is 11.6 Å². The molecule has 1 heterocycles. The van der Waals surface area contributed by atoms with Gasteiger partial charge in [0, 0.05) is 5.02 Å². The van der Waals surface area contributed by atoms with Crippen LogP contribution in [0.1, 0.15) is 16.2 Å². The van der Waals surface area contributed by atoms with Gasteiger partial charge in [-0.25, -0.2) is 0 Å². The lowest BCUT2D eigenvalue weighted by molar-refractivity contribution is 0.102. The number of anilines is 1. The normalized spacial score (nSPS) is 10.2. The Kier molecular flexibility index (Phi) is 2.97. The molecule has 0 aliphatic carbocycles. The summed E-state index contributed by atoms with van der Waals surface area (Å²) >= 11 is 5.74. The molecule has 0 saturated carbocycles. The number of nitrogens with one attached hydrogen (secondary N) is 2. The van der Waals surface area contributed by atoms with Crippen LogP contribution in [0.15, 0.2) is 18.2 Å². The highest BCUT2D eigenvalue weighted by Gasteiger charge is 2.13. The van der Waals surface area contributed by atoms with E-state index < -0.39 is 5.91 Å². The van der Waals surface area contributed by atoms with E-state index in [1.165, 1.54) is 18.2 Å². The molecule has 3 N–H and O–H groups in total. The number of hydrogen-bond acceptors (Lipinski definition) is 4. The van der Waals surface area contributed by atoms with Crippen molar-refractivity contribution in [2.24, 2.45) is 0 Å². The summed E-state index contributed by atoms with van der Waals surface area (Å²) < 4.78 is 0. The van der Waals surface area contributed by atoms with Crippen LogP contribution in [0.4, 0.5) is 5.95 Å². The molecule has 0 fully saturated rings. The molecule has 0 atom stereocenters. The Morgan fingerprint density at radius 2 is 2.29 bits per heavy atom. The first-order chi connectivity index (χ1) is 8.06. The van der Waals surface area contributed by atoms with Crippen molar-refractivity contribution in [2.75, 3.05) is 5.32 Å². The molecule has 2 aromatic rings. The van der Waals surface area contributed by atoms with Gasteiger partial charge < -0.3 is 5.11 Å². The Morgan fingerprint density at radius 3 is 2.94 bits per heavy atom. The minimum Gasteiger partial charge on any atom is -0.507 e. The molecule has 7 heteroatoms. The summed E-state index contributed by atoms with van der Waals surface area (Å²) in [6.07, 6.45) is 0. The zero-order valence-corrected chi connectivity index (χ0v) is 9.62. The molecule has 0 unspecified atom stereocenters. The highest BCUT2D eigenvalue weighted by Crippen LogP contribution is 2.22. The van der Waals surface area contributed by atoms with E-state index in [0.29, 0.717) is 10.8 Å². The van der Waals surface area contributed by atoms with Gasteiger partial charge in [0.1, 0.15) is 11.6 Å². The predicted molar refractivity (Wildman–Crippen MR) is 62.2 cm³/mol. The van der Waals surface area contributed by atoms with E-state index in [1.54, 1.807) is 6.92 Å². The van der Waals surface area contributed by atoms with E-state index in [-0.39, 0.29) is 17.3 Å². The number of hydrogen-bond donors (Lipinski definition) is 3. The molecular formula is C10H9ClN4O2. The highest BCUT2D eigenvalue weighted by molar-refractivity contribution is 6.31. The number of nitrogens with zero attached hydrogens (tertiary/aromatic N) is 2. The van der Waals surface area contributed by atoms with E-state index in [4.69, 9.17) is 11.6 Å². The minimum absolute atomic E-state index is 0.0694. The average molecular weight is 253 g/mol. The smallest absolute Gasteiger partial charge is 0.261 e. The molecule has 0 radical (unpaired) electrons. The van der Waals surface area contributed by atoms with Crippen molar-refractivity contribution in [3.8, 4) is 5.75 Å². The van der Waals surface area contributed by atoms with Crippen LogP contribution in [0.5, 0.6) is 5.75 Å². The lowest BCUT2D eigenvalue weighted by Crippen LogP contribution is -2.13. The number of aromatic nitrogens is 3. The molecule has 2 rings (SSSR count). The number of carbonyl (C=O) groups is 1. The number of aryl methyl sites for hydroxylation is 1. The maximum atomic E-state index is 11.8. The topological polar surface area (TPSA) is 90.9 Å². The Morgan fingerprint density at radius 1 is 1.53 bits per heavy atom. The van der Waals surface area contributed by atoms with Crippen molar-refractivity contribution in [2.45, 2.75) is 6.92 Å². The first kappa shape index (κ1) is 11.4. The van der Waals surface area contributed by atoms with E-state index in [2.05, 4.69) is 20.5 Å². The maximum Gasteiger partial charge on any atom is 0.261 e. The number of halogens is 1. The summed E-state index contributed by atoms with van der Waals surface area (Å²) in [5.41, 5.74) is 0.0694. The molecule has 17 heavy (non-hydrogen) atoms. The number of benzene rings is 1. The Hall–Kier alpha value is -2.08. The standard InChI is InChI=1S/C10H9ClN4O2/c1-5-12-10(15-14-5)13-9(17)7-4-6(11)2-3-8(7)16/h2-4,16H,1H3,(H2,12,13,14,15,17). The third-order valence-electron chi connectivity index (χ3n) is 2.03. The Balaban J connectivity index is 2.22. The summed E-state index contributed by atoms with van der Waals surface area (Å²) in [7, 11) is 0. The van der Waals surface area contributed by atoms with Crippen LogP contribution in [0.25, 0.3) is 0 Å². The molecule has 0 aliphatic rings. The number of carbonyl (C=O) groups excluding carboxylic acids is 1. The fraction of sp³-hybridized carbons (Fsp3) is 0.100.